The third-order valence-corrected chi connectivity index (χ3v) is 4.59. The first kappa shape index (κ1) is 15.9. The van der Waals surface area contributed by atoms with E-state index < -0.39 is 16.3 Å². The Labute approximate surface area is 115 Å². The van der Waals surface area contributed by atoms with E-state index in [2.05, 4.69) is 4.72 Å². The highest BCUT2D eigenvalue weighted by Gasteiger charge is 2.25. The van der Waals surface area contributed by atoms with Gasteiger partial charge in [0.15, 0.2) is 0 Å². The number of benzene rings is 1. The van der Waals surface area contributed by atoms with Crippen LogP contribution in [0.25, 0.3) is 0 Å². The summed E-state index contributed by atoms with van der Waals surface area (Å²) in [5.74, 6) is 0.338. The first-order valence-electron chi connectivity index (χ1n) is 6.26. The molecule has 0 amide bonds. The number of para-hydroxylation sites is 1. The molecule has 1 aromatic carbocycles. The van der Waals surface area contributed by atoms with E-state index in [-0.39, 0.29) is 11.7 Å². The lowest BCUT2D eigenvalue weighted by Crippen LogP contribution is -2.41. The summed E-state index contributed by atoms with van der Waals surface area (Å²) in [6.07, 6.45) is 0. The van der Waals surface area contributed by atoms with Crippen molar-refractivity contribution in [3.05, 3.63) is 29.8 Å². The number of hydrogen-bond donors (Lipinski definition) is 2. The average molecular weight is 286 g/mol. The Balaban J connectivity index is 2.88. The molecule has 0 fully saturated rings. The van der Waals surface area contributed by atoms with Crippen LogP contribution < -0.4 is 4.72 Å². The van der Waals surface area contributed by atoms with Gasteiger partial charge in [-0.25, -0.2) is 4.72 Å². The van der Waals surface area contributed by atoms with Crippen molar-refractivity contribution in [2.75, 3.05) is 13.6 Å². The molecule has 0 aliphatic heterocycles. The maximum atomic E-state index is 12.1. The molecule has 0 aliphatic rings. The van der Waals surface area contributed by atoms with Crippen LogP contribution in [0.15, 0.2) is 24.3 Å². The normalized spacial score (nSPS) is 14.0. The number of hydrogen-bond acceptors (Lipinski definition) is 3. The van der Waals surface area contributed by atoms with Gasteiger partial charge in [0.25, 0.3) is 10.2 Å². The minimum absolute atomic E-state index is 0.0981. The van der Waals surface area contributed by atoms with Gasteiger partial charge in [-0.2, -0.15) is 12.7 Å². The molecule has 2 N–H and O–H groups in total. The van der Waals surface area contributed by atoms with Crippen molar-refractivity contribution in [3.63, 3.8) is 0 Å². The molecular weight excluding hydrogens is 264 g/mol. The molecule has 1 atom stereocenters. The summed E-state index contributed by atoms with van der Waals surface area (Å²) in [5, 5.41) is 9.77. The molecule has 0 saturated heterocycles. The Morgan fingerprint density at radius 1 is 1.26 bits per heavy atom. The summed E-state index contributed by atoms with van der Waals surface area (Å²) >= 11 is 0. The van der Waals surface area contributed by atoms with E-state index in [1.54, 1.807) is 31.2 Å². The Hall–Kier alpha value is -1.11. The lowest BCUT2D eigenvalue weighted by atomic mass is 10.1. The number of nitrogens with zero attached hydrogens (tertiary/aromatic N) is 1. The van der Waals surface area contributed by atoms with Crippen molar-refractivity contribution in [3.8, 4) is 5.75 Å². The van der Waals surface area contributed by atoms with Crippen molar-refractivity contribution < 1.29 is 13.5 Å². The van der Waals surface area contributed by atoms with Gasteiger partial charge in [0.2, 0.25) is 0 Å². The molecular formula is C13H22N2O3S. The fourth-order valence-electron chi connectivity index (χ4n) is 1.62. The van der Waals surface area contributed by atoms with Crippen LogP contribution in [-0.2, 0) is 10.2 Å². The minimum atomic E-state index is -3.55. The zero-order valence-electron chi connectivity index (χ0n) is 11.8. The maximum absolute atomic E-state index is 12.1. The smallest absolute Gasteiger partial charge is 0.279 e. The fourth-order valence-corrected chi connectivity index (χ4v) is 2.90. The van der Waals surface area contributed by atoms with E-state index >= 15 is 0 Å². The molecule has 0 saturated carbocycles. The number of aromatic hydroxyl groups is 1. The highest BCUT2D eigenvalue weighted by atomic mass is 32.2. The second-order valence-corrected chi connectivity index (χ2v) is 6.81. The van der Waals surface area contributed by atoms with Gasteiger partial charge in [-0.15, -0.1) is 0 Å². The Kier molecular flexibility index (Phi) is 5.34. The third kappa shape index (κ3) is 4.19. The van der Waals surface area contributed by atoms with E-state index in [1.807, 2.05) is 13.8 Å². The predicted molar refractivity (Wildman–Crippen MR) is 76.0 cm³/mol. The maximum Gasteiger partial charge on any atom is 0.279 e. The highest BCUT2D eigenvalue weighted by molar-refractivity contribution is 7.87. The lowest BCUT2D eigenvalue weighted by molar-refractivity contribution is 0.373. The lowest BCUT2D eigenvalue weighted by Gasteiger charge is -2.25. The summed E-state index contributed by atoms with van der Waals surface area (Å²) in [7, 11) is -2.05. The van der Waals surface area contributed by atoms with Gasteiger partial charge >= 0.3 is 0 Å². The zero-order valence-corrected chi connectivity index (χ0v) is 12.6. The van der Waals surface area contributed by atoms with Gasteiger partial charge in [-0.05, 0) is 18.9 Å². The molecule has 0 bridgehead atoms. The molecule has 108 valence electrons. The van der Waals surface area contributed by atoms with Gasteiger partial charge in [-0.3, -0.25) is 0 Å². The molecule has 0 aliphatic carbocycles. The largest absolute Gasteiger partial charge is 0.508 e. The average Bonchev–Trinajstić information content (AvgIpc) is 2.35. The molecule has 1 aromatic rings. The standard InChI is InChI=1S/C13H22N2O3S/c1-10(2)9-14-19(17,18)15(4)11(3)12-7-5-6-8-13(12)16/h5-8,10-11,14,16H,9H2,1-4H3. The second kappa shape index (κ2) is 6.36. The molecule has 0 spiro atoms. The van der Waals surface area contributed by atoms with Gasteiger partial charge < -0.3 is 5.11 Å². The summed E-state index contributed by atoms with van der Waals surface area (Å²) in [6, 6.07) is 6.30. The number of rotatable bonds is 6. The van der Waals surface area contributed by atoms with Crippen molar-refractivity contribution in [2.45, 2.75) is 26.8 Å². The molecule has 0 heterocycles. The van der Waals surface area contributed by atoms with E-state index in [0.29, 0.717) is 12.1 Å². The molecule has 19 heavy (non-hydrogen) atoms. The SMILES string of the molecule is CC(C)CNS(=O)(=O)N(C)C(C)c1ccccc1O. The zero-order chi connectivity index (χ0) is 14.6. The Morgan fingerprint density at radius 3 is 2.37 bits per heavy atom. The Bertz CT molecular complexity index is 514. The summed E-state index contributed by atoms with van der Waals surface area (Å²) in [6.45, 7) is 6.01. The molecule has 1 rings (SSSR count). The second-order valence-electron chi connectivity index (χ2n) is 5.00. The van der Waals surface area contributed by atoms with E-state index in [0.717, 1.165) is 0 Å². The van der Waals surface area contributed by atoms with E-state index in [1.165, 1.54) is 11.4 Å². The topological polar surface area (TPSA) is 69.6 Å². The van der Waals surface area contributed by atoms with E-state index in [4.69, 9.17) is 0 Å². The van der Waals surface area contributed by atoms with Crippen LogP contribution >= 0.6 is 0 Å². The van der Waals surface area contributed by atoms with Gasteiger partial charge in [0.05, 0.1) is 6.04 Å². The molecule has 0 aromatic heterocycles. The summed E-state index contributed by atoms with van der Waals surface area (Å²) in [4.78, 5) is 0. The van der Waals surface area contributed by atoms with Crippen LogP contribution in [0.3, 0.4) is 0 Å². The highest BCUT2D eigenvalue weighted by Crippen LogP contribution is 2.28. The van der Waals surface area contributed by atoms with Gasteiger partial charge in [-0.1, -0.05) is 32.0 Å². The number of nitrogens with one attached hydrogen (secondary N) is 1. The quantitative estimate of drug-likeness (QED) is 0.839. The van der Waals surface area contributed by atoms with Crippen LogP contribution in [-0.4, -0.2) is 31.4 Å². The van der Waals surface area contributed by atoms with Crippen molar-refractivity contribution in [2.24, 2.45) is 5.92 Å². The van der Waals surface area contributed by atoms with Crippen molar-refractivity contribution >= 4 is 10.2 Å². The van der Waals surface area contributed by atoms with Crippen LogP contribution in [0.1, 0.15) is 32.4 Å². The first-order valence-corrected chi connectivity index (χ1v) is 7.70. The molecule has 5 nitrogen and oxygen atoms in total. The molecule has 0 radical (unpaired) electrons. The van der Waals surface area contributed by atoms with Crippen molar-refractivity contribution in [1.82, 2.24) is 9.03 Å². The van der Waals surface area contributed by atoms with Crippen molar-refractivity contribution in [1.29, 1.82) is 0 Å². The predicted octanol–water partition coefficient (Wildman–Crippen LogP) is 1.88. The van der Waals surface area contributed by atoms with Gasteiger partial charge in [0, 0.05) is 19.2 Å². The first-order chi connectivity index (χ1) is 8.75. The van der Waals surface area contributed by atoms with E-state index in [9.17, 15) is 13.5 Å². The van der Waals surface area contributed by atoms with Crippen LogP contribution in [0, 0.1) is 5.92 Å². The third-order valence-electron chi connectivity index (χ3n) is 2.99. The summed E-state index contributed by atoms with van der Waals surface area (Å²) in [5.41, 5.74) is 0.583. The Morgan fingerprint density at radius 2 is 1.84 bits per heavy atom. The minimum Gasteiger partial charge on any atom is -0.508 e. The van der Waals surface area contributed by atoms with Crippen LogP contribution in [0.4, 0.5) is 0 Å². The molecule has 6 heteroatoms. The monoisotopic (exact) mass is 286 g/mol. The van der Waals surface area contributed by atoms with Gasteiger partial charge in [0.1, 0.15) is 5.75 Å². The number of phenolic OH excluding ortho intramolecular Hbond substituents is 1. The number of phenols is 1. The fraction of sp³-hybridized carbons (Fsp3) is 0.538. The van der Waals surface area contributed by atoms with Crippen LogP contribution in [0.5, 0.6) is 5.75 Å². The van der Waals surface area contributed by atoms with Crippen LogP contribution in [0.2, 0.25) is 0 Å². The summed E-state index contributed by atoms with van der Waals surface area (Å²) < 4.78 is 28.0. The molecule has 1 unspecified atom stereocenters.